The van der Waals surface area contributed by atoms with Crippen LogP contribution in [-0.2, 0) is 0 Å². The second-order valence-electron chi connectivity index (χ2n) is 6.76. The van der Waals surface area contributed by atoms with E-state index < -0.39 is 0 Å². The van der Waals surface area contributed by atoms with Gasteiger partial charge in [-0.05, 0) is 25.7 Å². The highest BCUT2D eigenvalue weighted by Crippen LogP contribution is 2.27. The number of amides is 2. The molecule has 2 aliphatic rings. The minimum absolute atomic E-state index is 0.0327. The summed E-state index contributed by atoms with van der Waals surface area (Å²) in [5.41, 5.74) is 0.587. The van der Waals surface area contributed by atoms with Crippen LogP contribution in [-0.4, -0.2) is 50.2 Å². The van der Waals surface area contributed by atoms with Crippen molar-refractivity contribution in [3.05, 3.63) is 24.5 Å². The van der Waals surface area contributed by atoms with E-state index in [1.807, 2.05) is 4.90 Å². The van der Waals surface area contributed by atoms with Crippen LogP contribution in [0.3, 0.4) is 0 Å². The number of carbonyl (C=O) groups excluding carboxylic acids is 1. The lowest BCUT2D eigenvalue weighted by atomic mass is 9.98. The third-order valence-corrected chi connectivity index (χ3v) is 4.97. The lowest BCUT2D eigenvalue weighted by Gasteiger charge is -2.32. The zero-order valence-corrected chi connectivity index (χ0v) is 14.1. The molecule has 2 amide bonds. The van der Waals surface area contributed by atoms with Crippen molar-refractivity contribution < 1.29 is 9.32 Å². The second kappa shape index (κ2) is 7.16. The van der Waals surface area contributed by atoms with Crippen LogP contribution in [0.5, 0.6) is 0 Å². The van der Waals surface area contributed by atoms with Crippen molar-refractivity contribution in [2.75, 3.05) is 13.1 Å². The van der Waals surface area contributed by atoms with Crippen molar-refractivity contribution in [1.82, 2.24) is 30.3 Å². The molecule has 4 rings (SSSR count). The molecular formula is C17H22N6O2. The zero-order chi connectivity index (χ0) is 17.1. The summed E-state index contributed by atoms with van der Waals surface area (Å²) in [6.45, 7) is 1.39. The summed E-state index contributed by atoms with van der Waals surface area (Å²) in [5, 5.41) is 7.16. The van der Waals surface area contributed by atoms with Crippen molar-refractivity contribution in [3.8, 4) is 11.5 Å². The van der Waals surface area contributed by atoms with E-state index in [0.717, 1.165) is 32.2 Å². The van der Waals surface area contributed by atoms with Gasteiger partial charge in [0.25, 0.3) is 0 Å². The summed E-state index contributed by atoms with van der Waals surface area (Å²) >= 11 is 0. The molecule has 1 unspecified atom stereocenters. The number of rotatable bonds is 3. The van der Waals surface area contributed by atoms with Gasteiger partial charge in [-0.3, -0.25) is 4.98 Å². The first-order chi connectivity index (χ1) is 12.3. The Morgan fingerprint density at radius 1 is 1.20 bits per heavy atom. The van der Waals surface area contributed by atoms with E-state index in [-0.39, 0.29) is 11.9 Å². The van der Waals surface area contributed by atoms with Crippen molar-refractivity contribution in [3.63, 3.8) is 0 Å². The average molecular weight is 342 g/mol. The molecule has 2 aromatic rings. The second-order valence-corrected chi connectivity index (χ2v) is 6.76. The monoisotopic (exact) mass is 342 g/mol. The quantitative estimate of drug-likeness (QED) is 0.919. The third kappa shape index (κ3) is 3.62. The summed E-state index contributed by atoms with van der Waals surface area (Å²) in [6.07, 6.45) is 11.3. The Morgan fingerprint density at radius 3 is 2.88 bits per heavy atom. The highest BCUT2D eigenvalue weighted by atomic mass is 16.5. The van der Waals surface area contributed by atoms with Crippen LogP contribution in [0.25, 0.3) is 11.5 Å². The predicted molar refractivity (Wildman–Crippen MR) is 89.7 cm³/mol. The molecule has 0 radical (unpaired) electrons. The van der Waals surface area contributed by atoms with E-state index in [0.29, 0.717) is 30.0 Å². The van der Waals surface area contributed by atoms with Crippen LogP contribution in [0.2, 0.25) is 0 Å². The van der Waals surface area contributed by atoms with Crippen LogP contribution < -0.4 is 5.32 Å². The van der Waals surface area contributed by atoms with Gasteiger partial charge in [0.15, 0.2) is 0 Å². The molecular weight excluding hydrogens is 320 g/mol. The van der Waals surface area contributed by atoms with E-state index in [1.165, 1.54) is 12.8 Å². The number of hydrogen-bond acceptors (Lipinski definition) is 6. The lowest BCUT2D eigenvalue weighted by Crippen LogP contribution is -2.47. The van der Waals surface area contributed by atoms with Crippen LogP contribution in [0.15, 0.2) is 23.1 Å². The Labute approximate surface area is 146 Å². The van der Waals surface area contributed by atoms with Gasteiger partial charge in [-0.15, -0.1) is 0 Å². The Kier molecular flexibility index (Phi) is 4.58. The van der Waals surface area contributed by atoms with E-state index in [4.69, 9.17) is 4.52 Å². The van der Waals surface area contributed by atoms with Crippen molar-refractivity contribution >= 4 is 6.03 Å². The number of piperidine rings is 1. The van der Waals surface area contributed by atoms with Gasteiger partial charge in [0.05, 0.1) is 12.1 Å². The van der Waals surface area contributed by atoms with Gasteiger partial charge in [-0.1, -0.05) is 18.0 Å². The maximum atomic E-state index is 12.5. The molecule has 1 saturated carbocycles. The smallest absolute Gasteiger partial charge is 0.317 e. The number of nitrogens with one attached hydrogen (secondary N) is 1. The van der Waals surface area contributed by atoms with E-state index in [1.54, 1.807) is 18.6 Å². The van der Waals surface area contributed by atoms with Gasteiger partial charge in [0.2, 0.25) is 11.7 Å². The number of carbonyl (C=O) groups is 1. The molecule has 132 valence electrons. The molecule has 0 bridgehead atoms. The number of hydrogen-bond donors (Lipinski definition) is 1. The topological polar surface area (TPSA) is 97.0 Å². The first kappa shape index (κ1) is 16.0. The van der Waals surface area contributed by atoms with Gasteiger partial charge < -0.3 is 14.7 Å². The van der Waals surface area contributed by atoms with Gasteiger partial charge in [-0.25, -0.2) is 9.78 Å². The highest BCUT2D eigenvalue weighted by molar-refractivity contribution is 5.74. The zero-order valence-electron chi connectivity index (χ0n) is 14.1. The van der Waals surface area contributed by atoms with Crippen molar-refractivity contribution in [1.29, 1.82) is 0 Å². The summed E-state index contributed by atoms with van der Waals surface area (Å²) in [7, 11) is 0. The molecule has 8 nitrogen and oxygen atoms in total. The molecule has 25 heavy (non-hydrogen) atoms. The maximum absolute atomic E-state index is 12.5. The highest BCUT2D eigenvalue weighted by Gasteiger charge is 2.30. The van der Waals surface area contributed by atoms with Gasteiger partial charge in [0.1, 0.15) is 5.69 Å². The molecule has 3 heterocycles. The van der Waals surface area contributed by atoms with Crippen LogP contribution >= 0.6 is 0 Å². The fraction of sp³-hybridized carbons (Fsp3) is 0.588. The number of nitrogens with zero attached hydrogens (tertiary/aromatic N) is 5. The van der Waals surface area contributed by atoms with E-state index >= 15 is 0 Å². The summed E-state index contributed by atoms with van der Waals surface area (Å²) in [4.78, 5) is 27.0. The lowest BCUT2D eigenvalue weighted by molar-refractivity contribution is 0.168. The molecule has 8 heteroatoms. The minimum Gasteiger partial charge on any atom is -0.339 e. The first-order valence-electron chi connectivity index (χ1n) is 8.95. The Hall–Kier alpha value is -2.51. The normalized spacial score (nSPS) is 21.4. The third-order valence-electron chi connectivity index (χ3n) is 4.97. The molecule has 1 saturated heterocycles. The van der Waals surface area contributed by atoms with Gasteiger partial charge >= 0.3 is 6.03 Å². The summed E-state index contributed by atoms with van der Waals surface area (Å²) < 4.78 is 5.43. The molecule has 1 N–H and O–H groups in total. The molecule has 1 atom stereocenters. The molecule has 2 aromatic heterocycles. The van der Waals surface area contributed by atoms with Gasteiger partial charge in [-0.2, -0.15) is 4.98 Å². The predicted octanol–water partition coefficient (Wildman–Crippen LogP) is 2.36. The van der Waals surface area contributed by atoms with Crippen LogP contribution in [0.1, 0.15) is 50.3 Å². The summed E-state index contributed by atoms with van der Waals surface area (Å²) in [5.74, 6) is 1.08. The maximum Gasteiger partial charge on any atom is 0.317 e. The first-order valence-corrected chi connectivity index (χ1v) is 8.95. The molecule has 0 aromatic carbocycles. The fourth-order valence-electron chi connectivity index (χ4n) is 3.62. The van der Waals surface area contributed by atoms with Crippen molar-refractivity contribution in [2.24, 2.45) is 0 Å². The average Bonchev–Trinajstić information content (AvgIpc) is 3.34. The molecule has 2 fully saturated rings. The molecule has 1 aliphatic heterocycles. The van der Waals surface area contributed by atoms with E-state index in [2.05, 4.69) is 25.4 Å². The largest absolute Gasteiger partial charge is 0.339 e. The SMILES string of the molecule is O=C(NC1CCCC1)N1CCCC(c2nc(-c3cnccn3)no2)C1. The number of likely N-dealkylation sites (tertiary alicyclic amines) is 1. The summed E-state index contributed by atoms with van der Waals surface area (Å²) in [6, 6.07) is 0.366. The van der Waals surface area contributed by atoms with Crippen LogP contribution in [0, 0.1) is 0 Å². The number of urea groups is 1. The van der Waals surface area contributed by atoms with E-state index in [9.17, 15) is 4.79 Å². The van der Waals surface area contributed by atoms with Gasteiger partial charge in [0, 0.05) is 31.5 Å². The molecule has 1 aliphatic carbocycles. The van der Waals surface area contributed by atoms with Crippen LogP contribution in [0.4, 0.5) is 4.79 Å². The molecule has 0 spiro atoms. The Morgan fingerprint density at radius 2 is 2.08 bits per heavy atom. The minimum atomic E-state index is 0.0327. The standard InChI is InChI=1S/C17H22N6O2/c24-17(20-13-5-1-2-6-13)23-9-3-4-12(11-23)16-21-15(22-25-16)14-10-18-7-8-19-14/h7-8,10,12-13H,1-6,9,11H2,(H,20,24). The Balaban J connectivity index is 1.41. The van der Waals surface area contributed by atoms with Crippen molar-refractivity contribution in [2.45, 2.75) is 50.5 Å². The number of aromatic nitrogens is 4. The fourth-order valence-corrected chi connectivity index (χ4v) is 3.62. The Bertz CT molecular complexity index is 713.